The molecule has 1 aromatic carbocycles. The Balaban J connectivity index is 1.79. The molecule has 2 aliphatic rings. The van der Waals surface area contributed by atoms with E-state index < -0.39 is 56.9 Å². The Morgan fingerprint density at radius 1 is 1.12 bits per heavy atom. The molecular formula is C29H41ClN3O9S-. The monoisotopic (exact) mass is 642 g/mol. The number of carbonyl (C=O) groups excluding carboxylic acids is 4. The number of alkyl carbamates (subject to hydrolysis) is 1. The van der Waals surface area contributed by atoms with E-state index in [0.29, 0.717) is 18.0 Å². The zero-order valence-corrected chi connectivity index (χ0v) is 26.3. The third-order valence-electron chi connectivity index (χ3n) is 8.00. The van der Waals surface area contributed by atoms with Gasteiger partial charge in [-0.1, -0.05) is 69.7 Å². The Labute approximate surface area is 257 Å². The molecule has 14 heteroatoms. The highest BCUT2D eigenvalue weighted by Gasteiger charge is 2.38. The maximum absolute atomic E-state index is 13.7. The van der Waals surface area contributed by atoms with Crippen LogP contribution in [-0.4, -0.2) is 67.5 Å². The van der Waals surface area contributed by atoms with Crippen LogP contribution in [0.1, 0.15) is 77.7 Å². The van der Waals surface area contributed by atoms with Crippen molar-refractivity contribution in [3.63, 3.8) is 0 Å². The van der Waals surface area contributed by atoms with Crippen molar-refractivity contribution in [3.05, 3.63) is 34.9 Å². The van der Waals surface area contributed by atoms with E-state index in [0.717, 1.165) is 44.6 Å². The van der Waals surface area contributed by atoms with Gasteiger partial charge in [0, 0.05) is 29.8 Å². The van der Waals surface area contributed by atoms with E-state index >= 15 is 0 Å². The van der Waals surface area contributed by atoms with Gasteiger partial charge in [0.2, 0.25) is 17.3 Å². The lowest BCUT2D eigenvalue weighted by Gasteiger charge is -2.33. The fourth-order valence-corrected chi connectivity index (χ4v) is 6.64. The molecule has 0 unspecified atom stereocenters. The van der Waals surface area contributed by atoms with Crippen molar-refractivity contribution in [2.75, 3.05) is 13.2 Å². The molecule has 1 aliphatic carbocycles. The van der Waals surface area contributed by atoms with E-state index in [1.165, 1.54) is 0 Å². The van der Waals surface area contributed by atoms with E-state index in [-0.39, 0.29) is 31.3 Å². The molecule has 3 amide bonds. The van der Waals surface area contributed by atoms with Crippen LogP contribution in [0.3, 0.4) is 0 Å². The molecule has 3 rings (SSSR count). The summed E-state index contributed by atoms with van der Waals surface area (Å²) in [6.45, 7) is 5.00. The molecule has 2 fully saturated rings. The number of hydrogen-bond donors (Lipinski definition) is 3. The van der Waals surface area contributed by atoms with Crippen LogP contribution in [0.15, 0.2) is 24.3 Å². The van der Waals surface area contributed by atoms with Gasteiger partial charge in [0.05, 0.1) is 6.04 Å². The highest BCUT2D eigenvalue weighted by atomic mass is 35.5. The minimum Gasteiger partial charge on any atom is -0.745 e. The summed E-state index contributed by atoms with van der Waals surface area (Å²) < 4.78 is 46.8. The first-order valence-corrected chi connectivity index (χ1v) is 16.4. The topological polar surface area (TPSA) is 180 Å². The fourth-order valence-electron chi connectivity index (χ4n) is 5.61. The summed E-state index contributed by atoms with van der Waals surface area (Å²) in [6.07, 6.45) is 4.18. The molecule has 1 aromatic rings. The summed E-state index contributed by atoms with van der Waals surface area (Å²) >= 11 is 6.12. The number of nitrogens with one attached hydrogen (secondary N) is 3. The molecule has 0 bridgehead atoms. The van der Waals surface area contributed by atoms with Crippen LogP contribution in [0.2, 0.25) is 5.02 Å². The van der Waals surface area contributed by atoms with Crippen LogP contribution >= 0.6 is 11.6 Å². The molecule has 1 saturated heterocycles. The van der Waals surface area contributed by atoms with Gasteiger partial charge in [0.1, 0.15) is 22.8 Å². The van der Waals surface area contributed by atoms with Crippen molar-refractivity contribution in [1.82, 2.24) is 16.0 Å². The number of benzene rings is 1. The van der Waals surface area contributed by atoms with Crippen molar-refractivity contribution < 1.29 is 41.6 Å². The van der Waals surface area contributed by atoms with Crippen molar-refractivity contribution in [2.45, 2.75) is 95.1 Å². The van der Waals surface area contributed by atoms with Crippen LogP contribution in [0.25, 0.3) is 0 Å². The van der Waals surface area contributed by atoms with E-state index in [9.17, 15) is 32.1 Å². The first-order chi connectivity index (χ1) is 20.2. The summed E-state index contributed by atoms with van der Waals surface area (Å²) in [6, 6.07) is 4.50. The highest BCUT2D eigenvalue weighted by Crippen LogP contribution is 2.29. The first-order valence-electron chi connectivity index (χ1n) is 14.5. The standard InChI is InChI=1S/C29H42ClN3O9S/c1-18(34)42-27(43(38,39)40)24(15-20-12-13-31-25(20)35)32-26(36)23(14-19-8-5-4-6-9-19)33-28(37)41-17-29(2,3)21-10-7-11-22(30)16-21/h7,10-11,16,19-20,23-24,27H,4-6,8-9,12-15,17H2,1-3H3,(H,31,35)(H,32,36)(H,33,37)(H,38,39,40)/p-1/t20-,23-,24-,27+/m0/s1. The Kier molecular flexibility index (Phi) is 12.2. The van der Waals surface area contributed by atoms with Gasteiger partial charge in [0.25, 0.3) is 0 Å². The Bertz CT molecular complexity index is 1270. The van der Waals surface area contributed by atoms with Gasteiger partial charge in [-0.3, -0.25) is 14.4 Å². The quantitative estimate of drug-likeness (QED) is 0.215. The molecule has 0 aromatic heterocycles. The fraction of sp³-hybridized carbons (Fsp3) is 0.655. The molecule has 3 N–H and O–H groups in total. The Hall–Kier alpha value is -2.90. The molecule has 1 aliphatic heterocycles. The molecular weight excluding hydrogens is 602 g/mol. The number of amides is 3. The zero-order chi connectivity index (χ0) is 31.8. The van der Waals surface area contributed by atoms with Gasteiger partial charge < -0.3 is 30.0 Å². The number of hydrogen-bond acceptors (Lipinski definition) is 9. The Morgan fingerprint density at radius 2 is 1.81 bits per heavy atom. The van der Waals surface area contributed by atoms with Gasteiger partial charge in [0.15, 0.2) is 0 Å². The second kappa shape index (κ2) is 15.2. The van der Waals surface area contributed by atoms with E-state index in [1.54, 1.807) is 18.2 Å². The second-order valence-electron chi connectivity index (χ2n) is 12.0. The zero-order valence-electron chi connectivity index (χ0n) is 24.7. The predicted octanol–water partition coefficient (Wildman–Crippen LogP) is 3.13. The maximum atomic E-state index is 13.7. The van der Waals surface area contributed by atoms with Crippen LogP contribution in [0, 0.1) is 11.8 Å². The van der Waals surface area contributed by atoms with Crippen LogP contribution in [-0.2, 0) is 39.4 Å². The third-order valence-corrected chi connectivity index (χ3v) is 9.23. The summed E-state index contributed by atoms with van der Waals surface area (Å²) in [5.41, 5.74) is -2.02. The van der Waals surface area contributed by atoms with Crippen LogP contribution < -0.4 is 16.0 Å². The minimum atomic E-state index is -5.26. The largest absolute Gasteiger partial charge is 0.745 e. The number of ether oxygens (including phenoxy) is 2. The van der Waals surface area contributed by atoms with Gasteiger partial charge in [-0.25, -0.2) is 13.2 Å². The molecule has 1 heterocycles. The highest BCUT2D eigenvalue weighted by molar-refractivity contribution is 7.86. The van der Waals surface area contributed by atoms with E-state index in [4.69, 9.17) is 21.1 Å². The lowest BCUT2D eigenvalue weighted by atomic mass is 9.84. The third kappa shape index (κ3) is 10.6. The minimum absolute atomic E-state index is 0.0285. The van der Waals surface area contributed by atoms with Crippen molar-refractivity contribution in [2.24, 2.45) is 11.8 Å². The summed E-state index contributed by atoms with van der Waals surface area (Å²) in [4.78, 5) is 50.6. The average molecular weight is 643 g/mol. The molecule has 1 saturated carbocycles. The van der Waals surface area contributed by atoms with Gasteiger partial charge in [-0.15, -0.1) is 0 Å². The second-order valence-corrected chi connectivity index (χ2v) is 13.9. The van der Waals surface area contributed by atoms with Crippen LogP contribution in [0.4, 0.5) is 4.79 Å². The maximum Gasteiger partial charge on any atom is 0.407 e. The molecule has 240 valence electrons. The lowest BCUT2D eigenvalue weighted by Crippen LogP contribution is -2.56. The molecule has 0 spiro atoms. The van der Waals surface area contributed by atoms with Gasteiger partial charge in [-0.2, -0.15) is 0 Å². The van der Waals surface area contributed by atoms with Crippen LogP contribution in [0.5, 0.6) is 0 Å². The first kappa shape index (κ1) is 34.6. The molecule has 12 nitrogen and oxygen atoms in total. The number of halogens is 1. The smallest absolute Gasteiger partial charge is 0.407 e. The predicted molar refractivity (Wildman–Crippen MR) is 157 cm³/mol. The van der Waals surface area contributed by atoms with Crippen molar-refractivity contribution in [3.8, 4) is 0 Å². The summed E-state index contributed by atoms with van der Waals surface area (Å²) in [5.74, 6) is -2.79. The molecule has 0 radical (unpaired) electrons. The normalized spacial score (nSPS) is 19.9. The number of esters is 1. The number of carbonyl (C=O) groups is 4. The van der Waals surface area contributed by atoms with Crippen molar-refractivity contribution >= 4 is 45.6 Å². The van der Waals surface area contributed by atoms with E-state index in [2.05, 4.69) is 16.0 Å². The molecule has 4 atom stereocenters. The van der Waals surface area contributed by atoms with Crippen molar-refractivity contribution in [1.29, 1.82) is 0 Å². The SMILES string of the molecule is CC(=O)O[C@@H]([C@H](C[C@@H]1CCNC1=O)NC(=O)[C@H](CC1CCCCC1)NC(=O)OCC(C)(C)c1cccc(Cl)c1)S(=O)(=O)[O-]. The summed E-state index contributed by atoms with van der Waals surface area (Å²) in [5, 5.41) is 8.29. The molecule has 43 heavy (non-hydrogen) atoms. The van der Waals surface area contributed by atoms with E-state index in [1.807, 2.05) is 19.9 Å². The van der Waals surface area contributed by atoms with Gasteiger partial charge in [-0.05, 0) is 42.9 Å². The number of rotatable bonds is 13. The lowest BCUT2D eigenvalue weighted by molar-refractivity contribution is -0.145. The Morgan fingerprint density at radius 3 is 2.40 bits per heavy atom. The van der Waals surface area contributed by atoms with Gasteiger partial charge >= 0.3 is 12.1 Å². The summed E-state index contributed by atoms with van der Waals surface area (Å²) in [7, 11) is -5.26. The average Bonchev–Trinajstić information content (AvgIpc) is 3.33.